The van der Waals surface area contributed by atoms with E-state index in [4.69, 9.17) is 9.84 Å². The van der Waals surface area contributed by atoms with Crippen molar-refractivity contribution in [3.05, 3.63) is 0 Å². The molecule has 1 aliphatic carbocycles. The second kappa shape index (κ2) is 5.92. The summed E-state index contributed by atoms with van der Waals surface area (Å²) < 4.78 is 5.08. The van der Waals surface area contributed by atoms with Gasteiger partial charge in [0.25, 0.3) is 0 Å². The van der Waals surface area contributed by atoms with E-state index in [1.54, 1.807) is 0 Å². The summed E-state index contributed by atoms with van der Waals surface area (Å²) >= 11 is 0. The number of urea groups is 1. The molecule has 1 saturated carbocycles. The summed E-state index contributed by atoms with van der Waals surface area (Å²) in [6.45, 7) is 4.35. The van der Waals surface area contributed by atoms with Crippen LogP contribution in [-0.4, -0.2) is 44.0 Å². The lowest BCUT2D eigenvalue weighted by Crippen LogP contribution is -2.40. The molecule has 15 heavy (non-hydrogen) atoms. The zero-order valence-corrected chi connectivity index (χ0v) is 9.21. The molecule has 5 nitrogen and oxygen atoms in total. The summed E-state index contributed by atoms with van der Waals surface area (Å²) in [6, 6.07) is -0.186. The zero-order valence-electron chi connectivity index (χ0n) is 9.21. The molecule has 1 rings (SSSR count). The lowest BCUT2D eigenvalue weighted by molar-refractivity contribution is 0.149. The Kier molecular flexibility index (Phi) is 4.84. The smallest absolute Gasteiger partial charge is 0.314 e. The van der Waals surface area contributed by atoms with Crippen LogP contribution in [0.1, 0.15) is 19.8 Å². The summed E-state index contributed by atoms with van der Waals surface area (Å²) in [6.07, 6.45) is 2.01. The molecule has 0 aliphatic heterocycles. The largest absolute Gasteiger partial charge is 0.396 e. The van der Waals surface area contributed by atoms with Crippen LogP contribution < -0.4 is 10.6 Å². The lowest BCUT2D eigenvalue weighted by atomic mass is 10.1. The van der Waals surface area contributed by atoms with Gasteiger partial charge in [0, 0.05) is 25.1 Å². The molecule has 1 aliphatic rings. The minimum atomic E-state index is -0.186. The van der Waals surface area contributed by atoms with Crippen molar-refractivity contribution in [1.29, 1.82) is 0 Å². The maximum absolute atomic E-state index is 11.2. The fraction of sp³-hybridized carbons (Fsp3) is 0.900. The number of carbonyl (C=O) groups excluding carboxylic acids is 1. The molecule has 2 amide bonds. The third-order valence-corrected chi connectivity index (χ3v) is 2.65. The molecule has 0 bridgehead atoms. The summed E-state index contributed by atoms with van der Waals surface area (Å²) in [7, 11) is 0. The molecule has 0 aromatic heterocycles. The number of hydrogen-bond acceptors (Lipinski definition) is 3. The van der Waals surface area contributed by atoms with Gasteiger partial charge in [0.05, 0.1) is 13.2 Å². The van der Waals surface area contributed by atoms with E-state index in [1.807, 2.05) is 6.92 Å². The number of aliphatic hydroxyl groups excluding tert-OH is 1. The van der Waals surface area contributed by atoms with Crippen LogP contribution in [0.15, 0.2) is 0 Å². The number of amides is 2. The Balaban J connectivity index is 1.99. The second-order valence-electron chi connectivity index (χ2n) is 3.96. The van der Waals surface area contributed by atoms with Gasteiger partial charge in [0.2, 0.25) is 0 Å². The van der Waals surface area contributed by atoms with Gasteiger partial charge in [-0.25, -0.2) is 4.79 Å². The van der Waals surface area contributed by atoms with Gasteiger partial charge in [-0.3, -0.25) is 0 Å². The lowest BCUT2D eigenvalue weighted by Gasteiger charge is -2.13. The number of carbonyl (C=O) groups is 1. The standard InChI is InChI=1S/C10H20N2O3/c1-2-15-6-5-11-9(14)12-7-10(8-13)3-4-10/h13H,2-8H2,1H3,(H2,11,12,14). The van der Waals surface area contributed by atoms with Gasteiger partial charge in [-0.15, -0.1) is 0 Å². The molecule has 0 saturated heterocycles. The van der Waals surface area contributed by atoms with E-state index in [-0.39, 0.29) is 18.1 Å². The van der Waals surface area contributed by atoms with Crippen LogP contribution in [0.2, 0.25) is 0 Å². The highest BCUT2D eigenvalue weighted by atomic mass is 16.5. The predicted molar refractivity (Wildman–Crippen MR) is 56.6 cm³/mol. The molecule has 0 heterocycles. The van der Waals surface area contributed by atoms with Gasteiger partial charge in [-0.1, -0.05) is 0 Å². The molecule has 0 spiro atoms. The van der Waals surface area contributed by atoms with Crippen molar-refractivity contribution in [2.45, 2.75) is 19.8 Å². The van der Waals surface area contributed by atoms with E-state index < -0.39 is 0 Å². The molecule has 0 atom stereocenters. The molecule has 3 N–H and O–H groups in total. The van der Waals surface area contributed by atoms with E-state index >= 15 is 0 Å². The van der Waals surface area contributed by atoms with E-state index in [1.165, 1.54) is 0 Å². The van der Waals surface area contributed by atoms with Crippen molar-refractivity contribution >= 4 is 6.03 Å². The maximum atomic E-state index is 11.2. The number of hydrogen-bond donors (Lipinski definition) is 3. The summed E-state index contributed by atoms with van der Waals surface area (Å²) in [5.74, 6) is 0. The van der Waals surface area contributed by atoms with Crippen LogP contribution in [-0.2, 0) is 4.74 Å². The number of nitrogens with one attached hydrogen (secondary N) is 2. The van der Waals surface area contributed by atoms with Gasteiger partial charge in [-0.2, -0.15) is 0 Å². The second-order valence-corrected chi connectivity index (χ2v) is 3.96. The molecule has 0 aromatic rings. The highest BCUT2D eigenvalue weighted by Gasteiger charge is 2.41. The van der Waals surface area contributed by atoms with Crippen molar-refractivity contribution < 1.29 is 14.6 Å². The molecule has 0 unspecified atom stereocenters. The number of rotatable bonds is 7. The maximum Gasteiger partial charge on any atom is 0.314 e. The van der Waals surface area contributed by atoms with Crippen molar-refractivity contribution in [2.75, 3.05) is 32.9 Å². The average molecular weight is 216 g/mol. The fourth-order valence-electron chi connectivity index (χ4n) is 1.28. The Morgan fingerprint density at radius 1 is 1.47 bits per heavy atom. The van der Waals surface area contributed by atoms with Crippen molar-refractivity contribution in [3.8, 4) is 0 Å². The van der Waals surface area contributed by atoms with Gasteiger partial charge in [-0.05, 0) is 19.8 Å². The normalized spacial score (nSPS) is 17.2. The van der Waals surface area contributed by atoms with Gasteiger partial charge in [0.15, 0.2) is 0 Å². The number of ether oxygens (including phenoxy) is 1. The fourth-order valence-corrected chi connectivity index (χ4v) is 1.28. The predicted octanol–water partition coefficient (Wildman–Crippen LogP) is 0.0946. The Labute approximate surface area is 90.2 Å². The van der Waals surface area contributed by atoms with Crippen molar-refractivity contribution in [3.63, 3.8) is 0 Å². The van der Waals surface area contributed by atoms with Crippen LogP contribution in [0.25, 0.3) is 0 Å². The van der Waals surface area contributed by atoms with E-state index in [9.17, 15) is 4.79 Å². The first-order valence-corrected chi connectivity index (χ1v) is 5.43. The molecule has 88 valence electrons. The van der Waals surface area contributed by atoms with Gasteiger partial charge in [0.1, 0.15) is 0 Å². The minimum absolute atomic E-state index is 0.0305. The van der Waals surface area contributed by atoms with Crippen molar-refractivity contribution in [2.24, 2.45) is 5.41 Å². The molecule has 5 heteroatoms. The van der Waals surface area contributed by atoms with E-state index in [0.717, 1.165) is 12.8 Å². The third kappa shape index (κ3) is 4.48. The van der Waals surface area contributed by atoms with Crippen LogP contribution in [0, 0.1) is 5.41 Å². The molecular formula is C10H20N2O3. The Morgan fingerprint density at radius 3 is 2.73 bits per heavy atom. The average Bonchev–Trinajstić information content (AvgIpc) is 3.02. The van der Waals surface area contributed by atoms with Crippen LogP contribution >= 0.6 is 0 Å². The Hall–Kier alpha value is -0.810. The molecule has 1 fully saturated rings. The highest BCUT2D eigenvalue weighted by molar-refractivity contribution is 5.73. The SMILES string of the molecule is CCOCCNC(=O)NCC1(CO)CC1. The van der Waals surface area contributed by atoms with Crippen LogP contribution in [0.3, 0.4) is 0 Å². The van der Waals surface area contributed by atoms with Gasteiger partial charge < -0.3 is 20.5 Å². The summed E-state index contributed by atoms with van der Waals surface area (Å²) in [5.41, 5.74) is -0.0305. The topological polar surface area (TPSA) is 70.6 Å². The first-order valence-electron chi connectivity index (χ1n) is 5.43. The molecule has 0 radical (unpaired) electrons. The number of aliphatic hydroxyl groups is 1. The molecular weight excluding hydrogens is 196 g/mol. The molecule has 0 aromatic carbocycles. The summed E-state index contributed by atoms with van der Waals surface area (Å²) in [4.78, 5) is 11.2. The third-order valence-electron chi connectivity index (χ3n) is 2.65. The van der Waals surface area contributed by atoms with Crippen LogP contribution in [0.5, 0.6) is 0 Å². The summed E-state index contributed by atoms with van der Waals surface area (Å²) in [5, 5.41) is 14.5. The Bertz CT molecular complexity index is 205. The van der Waals surface area contributed by atoms with Gasteiger partial charge >= 0.3 is 6.03 Å². The first kappa shape index (κ1) is 12.3. The monoisotopic (exact) mass is 216 g/mol. The zero-order chi connectivity index (χ0) is 11.1. The Morgan fingerprint density at radius 2 is 2.20 bits per heavy atom. The first-order chi connectivity index (χ1) is 7.22. The van der Waals surface area contributed by atoms with Crippen LogP contribution in [0.4, 0.5) is 4.79 Å². The van der Waals surface area contributed by atoms with E-state index in [2.05, 4.69) is 10.6 Å². The van der Waals surface area contributed by atoms with E-state index in [0.29, 0.717) is 26.3 Å². The highest BCUT2D eigenvalue weighted by Crippen LogP contribution is 2.44. The minimum Gasteiger partial charge on any atom is -0.396 e. The quantitative estimate of drug-likeness (QED) is 0.528. The van der Waals surface area contributed by atoms with Crippen molar-refractivity contribution in [1.82, 2.24) is 10.6 Å².